The molecule has 1 aromatic heterocycles. The second kappa shape index (κ2) is 10.3. The standard InChI is InChI=1S/C22H23N5O.CH2O2/c1-26-11-12-27(20(15-26)17-5-3-2-4-6-17)22(28)18-9-7-16(8-10-18)19-13-24-14-21(23)25-19;2-1-3/h2-10,13-14,20H,11-12,15H2,1H3,(H2,23,25);1H,(H,2,3). The number of nitrogens with zero attached hydrogens (tertiary/aromatic N) is 4. The molecule has 31 heavy (non-hydrogen) atoms. The third-order valence-electron chi connectivity index (χ3n) is 5.11. The van der Waals surface area contributed by atoms with E-state index < -0.39 is 0 Å². The van der Waals surface area contributed by atoms with Crippen molar-refractivity contribution in [3.05, 3.63) is 78.1 Å². The number of carboxylic acid groups (broad SMARTS) is 1. The fraction of sp³-hybridized carbons (Fsp3) is 0.217. The highest BCUT2D eigenvalue weighted by atomic mass is 16.3. The van der Waals surface area contributed by atoms with Gasteiger partial charge in [0.1, 0.15) is 5.82 Å². The van der Waals surface area contributed by atoms with Crippen LogP contribution in [0.5, 0.6) is 0 Å². The molecule has 8 heteroatoms. The highest BCUT2D eigenvalue weighted by Crippen LogP contribution is 2.27. The van der Waals surface area contributed by atoms with Gasteiger partial charge >= 0.3 is 0 Å². The zero-order valence-electron chi connectivity index (χ0n) is 17.3. The third kappa shape index (κ3) is 5.43. The Morgan fingerprint density at radius 2 is 1.77 bits per heavy atom. The van der Waals surface area contributed by atoms with E-state index in [0.717, 1.165) is 24.2 Å². The molecule has 0 aliphatic carbocycles. The van der Waals surface area contributed by atoms with E-state index in [1.807, 2.05) is 47.4 Å². The quantitative estimate of drug-likeness (QED) is 0.627. The molecule has 3 N–H and O–H groups in total. The van der Waals surface area contributed by atoms with E-state index in [1.54, 1.807) is 6.20 Å². The van der Waals surface area contributed by atoms with Crippen LogP contribution in [0.15, 0.2) is 67.0 Å². The van der Waals surface area contributed by atoms with Crippen LogP contribution in [0.2, 0.25) is 0 Å². The summed E-state index contributed by atoms with van der Waals surface area (Å²) in [5.74, 6) is 0.424. The fourth-order valence-electron chi connectivity index (χ4n) is 3.59. The molecule has 3 aromatic rings. The number of carbonyl (C=O) groups is 2. The Hall–Kier alpha value is -3.78. The van der Waals surface area contributed by atoms with E-state index in [-0.39, 0.29) is 18.4 Å². The topological polar surface area (TPSA) is 113 Å². The first-order valence-electron chi connectivity index (χ1n) is 9.83. The summed E-state index contributed by atoms with van der Waals surface area (Å²) < 4.78 is 0. The molecule has 1 saturated heterocycles. The van der Waals surface area contributed by atoms with Gasteiger partial charge < -0.3 is 20.6 Å². The van der Waals surface area contributed by atoms with E-state index in [1.165, 1.54) is 6.20 Å². The summed E-state index contributed by atoms with van der Waals surface area (Å²) in [6, 6.07) is 17.8. The Morgan fingerprint density at radius 3 is 2.42 bits per heavy atom. The minimum atomic E-state index is -0.250. The molecule has 2 aromatic carbocycles. The van der Waals surface area contributed by atoms with Crippen LogP contribution in [-0.2, 0) is 4.79 Å². The molecule has 0 spiro atoms. The van der Waals surface area contributed by atoms with Gasteiger partial charge in [0.05, 0.1) is 24.1 Å². The Morgan fingerprint density at radius 1 is 1.10 bits per heavy atom. The molecule has 1 fully saturated rings. The SMILES string of the molecule is CN1CCN(C(=O)c2ccc(-c3cncc(N)n3)cc2)C(c2ccccc2)C1.O=CO. The number of carbonyl (C=O) groups excluding carboxylic acids is 1. The summed E-state index contributed by atoms with van der Waals surface area (Å²) in [5.41, 5.74) is 9.13. The highest BCUT2D eigenvalue weighted by Gasteiger charge is 2.30. The van der Waals surface area contributed by atoms with Crippen molar-refractivity contribution in [2.45, 2.75) is 6.04 Å². The van der Waals surface area contributed by atoms with Gasteiger partial charge in [0, 0.05) is 30.8 Å². The van der Waals surface area contributed by atoms with Gasteiger partial charge in [-0.3, -0.25) is 14.6 Å². The minimum Gasteiger partial charge on any atom is -0.483 e. The summed E-state index contributed by atoms with van der Waals surface area (Å²) in [5, 5.41) is 6.89. The number of nitrogens with two attached hydrogens (primary N) is 1. The summed E-state index contributed by atoms with van der Waals surface area (Å²) in [7, 11) is 2.10. The normalized spacial score (nSPS) is 16.2. The Balaban J connectivity index is 0.000000858. The van der Waals surface area contributed by atoms with Crippen LogP contribution in [0.25, 0.3) is 11.3 Å². The van der Waals surface area contributed by atoms with Crippen LogP contribution in [-0.4, -0.2) is 63.9 Å². The van der Waals surface area contributed by atoms with Gasteiger partial charge in [-0.25, -0.2) is 4.98 Å². The number of nitrogen functional groups attached to an aromatic ring is 1. The summed E-state index contributed by atoms with van der Waals surface area (Å²) in [6.45, 7) is 2.15. The van der Waals surface area contributed by atoms with Gasteiger partial charge in [-0.05, 0) is 24.7 Å². The third-order valence-corrected chi connectivity index (χ3v) is 5.11. The molecule has 1 aliphatic rings. The van der Waals surface area contributed by atoms with Crippen molar-refractivity contribution in [2.24, 2.45) is 0 Å². The molecular weight excluding hydrogens is 394 g/mol. The molecule has 0 saturated carbocycles. The lowest BCUT2D eigenvalue weighted by Gasteiger charge is -2.40. The maximum atomic E-state index is 13.3. The van der Waals surface area contributed by atoms with E-state index in [4.69, 9.17) is 15.6 Å². The van der Waals surface area contributed by atoms with Crippen molar-refractivity contribution >= 4 is 18.2 Å². The maximum Gasteiger partial charge on any atom is 0.290 e. The van der Waals surface area contributed by atoms with Crippen molar-refractivity contribution in [1.29, 1.82) is 0 Å². The summed E-state index contributed by atoms with van der Waals surface area (Å²) in [6.07, 6.45) is 3.18. The fourth-order valence-corrected chi connectivity index (χ4v) is 3.59. The monoisotopic (exact) mass is 419 g/mol. The Kier molecular flexibility index (Phi) is 7.29. The predicted octanol–water partition coefficient (Wildman–Crippen LogP) is 2.56. The molecular formula is C23H25N5O3. The van der Waals surface area contributed by atoms with Crippen molar-refractivity contribution in [1.82, 2.24) is 19.8 Å². The number of likely N-dealkylation sites (N-methyl/N-ethyl adjacent to an activating group) is 1. The average molecular weight is 419 g/mol. The van der Waals surface area contributed by atoms with Gasteiger partial charge in [-0.2, -0.15) is 0 Å². The van der Waals surface area contributed by atoms with Gasteiger partial charge in [-0.15, -0.1) is 0 Å². The first kappa shape index (κ1) is 21.9. The number of hydrogen-bond donors (Lipinski definition) is 2. The number of hydrogen-bond acceptors (Lipinski definition) is 6. The zero-order valence-corrected chi connectivity index (χ0v) is 17.3. The highest BCUT2D eigenvalue weighted by molar-refractivity contribution is 5.95. The molecule has 1 aliphatic heterocycles. The Bertz CT molecular complexity index is 1010. The second-order valence-electron chi connectivity index (χ2n) is 7.20. The van der Waals surface area contributed by atoms with Crippen molar-refractivity contribution < 1.29 is 14.7 Å². The number of aromatic nitrogens is 2. The molecule has 4 rings (SSSR count). The number of anilines is 1. The van der Waals surface area contributed by atoms with Gasteiger partial charge in [-0.1, -0.05) is 42.5 Å². The molecule has 1 atom stereocenters. The smallest absolute Gasteiger partial charge is 0.290 e. The molecule has 1 amide bonds. The van der Waals surface area contributed by atoms with Crippen molar-refractivity contribution in [2.75, 3.05) is 32.4 Å². The predicted molar refractivity (Wildman–Crippen MR) is 118 cm³/mol. The molecule has 160 valence electrons. The number of piperazine rings is 1. The van der Waals surface area contributed by atoms with Gasteiger partial charge in [0.25, 0.3) is 12.4 Å². The van der Waals surface area contributed by atoms with Gasteiger partial charge in [0.2, 0.25) is 0 Å². The number of amides is 1. The second-order valence-corrected chi connectivity index (χ2v) is 7.20. The van der Waals surface area contributed by atoms with Crippen LogP contribution < -0.4 is 5.73 Å². The van der Waals surface area contributed by atoms with E-state index >= 15 is 0 Å². The van der Waals surface area contributed by atoms with Crippen LogP contribution in [0.4, 0.5) is 5.82 Å². The van der Waals surface area contributed by atoms with Crippen LogP contribution in [0.3, 0.4) is 0 Å². The first-order valence-corrected chi connectivity index (χ1v) is 9.83. The largest absolute Gasteiger partial charge is 0.483 e. The van der Waals surface area contributed by atoms with E-state index in [9.17, 15) is 4.79 Å². The number of rotatable bonds is 3. The van der Waals surface area contributed by atoms with E-state index in [0.29, 0.717) is 23.6 Å². The Labute approximate surface area is 181 Å². The molecule has 0 radical (unpaired) electrons. The lowest BCUT2D eigenvalue weighted by Crippen LogP contribution is -2.49. The zero-order chi connectivity index (χ0) is 22.2. The van der Waals surface area contributed by atoms with Crippen LogP contribution in [0, 0.1) is 0 Å². The molecule has 1 unspecified atom stereocenters. The van der Waals surface area contributed by atoms with Crippen molar-refractivity contribution in [3.63, 3.8) is 0 Å². The first-order chi connectivity index (χ1) is 15.0. The van der Waals surface area contributed by atoms with Crippen LogP contribution in [0.1, 0.15) is 22.0 Å². The average Bonchev–Trinajstić information content (AvgIpc) is 2.80. The molecule has 2 heterocycles. The molecule has 0 bridgehead atoms. The van der Waals surface area contributed by atoms with Gasteiger partial charge in [0.15, 0.2) is 0 Å². The number of benzene rings is 2. The van der Waals surface area contributed by atoms with Crippen molar-refractivity contribution in [3.8, 4) is 11.3 Å². The minimum absolute atomic E-state index is 0.0481. The summed E-state index contributed by atoms with van der Waals surface area (Å²) >= 11 is 0. The summed E-state index contributed by atoms with van der Waals surface area (Å²) in [4.78, 5) is 34.2. The maximum absolute atomic E-state index is 13.3. The van der Waals surface area contributed by atoms with Crippen LogP contribution >= 0.6 is 0 Å². The lowest BCUT2D eigenvalue weighted by atomic mass is 10.0. The lowest BCUT2D eigenvalue weighted by molar-refractivity contribution is -0.122. The molecule has 8 nitrogen and oxygen atoms in total. The van der Waals surface area contributed by atoms with E-state index in [2.05, 4.69) is 34.0 Å².